The lowest BCUT2D eigenvalue weighted by Crippen LogP contribution is -2.07. The second-order valence-electron chi connectivity index (χ2n) is 2.84. The topological polar surface area (TPSA) is 81.4 Å². The summed E-state index contributed by atoms with van der Waals surface area (Å²) >= 11 is 0. The number of hydrogen-bond donors (Lipinski definition) is 1. The molecule has 6 heteroatoms. The van der Waals surface area contributed by atoms with Crippen molar-refractivity contribution in [3.8, 4) is 0 Å². The molecule has 6 nitrogen and oxygen atoms in total. The van der Waals surface area contributed by atoms with Crippen LogP contribution in [0.25, 0.3) is 5.57 Å². The molecule has 0 atom stereocenters. The Morgan fingerprint density at radius 2 is 2.20 bits per heavy atom. The highest BCUT2D eigenvalue weighted by Gasteiger charge is 2.21. The molecule has 1 aromatic heterocycles. The quantitative estimate of drug-likeness (QED) is 0.573. The molecular weight excluding hydrogens is 200 g/mol. The van der Waals surface area contributed by atoms with E-state index in [4.69, 9.17) is 5.11 Å². The summed E-state index contributed by atoms with van der Waals surface area (Å²) in [5.41, 5.74) is -0.0762. The van der Waals surface area contributed by atoms with Crippen LogP contribution in [-0.4, -0.2) is 33.9 Å². The van der Waals surface area contributed by atoms with Crippen LogP contribution in [0.2, 0.25) is 0 Å². The smallest absolute Gasteiger partial charge is 0.359 e. The highest BCUT2D eigenvalue weighted by Crippen LogP contribution is 2.17. The van der Waals surface area contributed by atoms with Crippen molar-refractivity contribution in [1.82, 2.24) is 9.78 Å². The van der Waals surface area contributed by atoms with Gasteiger partial charge in [0.15, 0.2) is 5.69 Å². The predicted molar refractivity (Wildman–Crippen MR) is 51.2 cm³/mol. The van der Waals surface area contributed by atoms with Crippen molar-refractivity contribution in [2.45, 2.75) is 0 Å². The first-order chi connectivity index (χ1) is 6.97. The molecule has 15 heavy (non-hydrogen) atoms. The SMILES string of the molecule is C=C(C(=O)O)c1cn(C)nc1C(=O)OC. The third-order valence-corrected chi connectivity index (χ3v) is 1.79. The van der Waals surface area contributed by atoms with Gasteiger partial charge in [0, 0.05) is 18.8 Å². The first-order valence-electron chi connectivity index (χ1n) is 4.02. The van der Waals surface area contributed by atoms with Gasteiger partial charge in [-0.05, 0) is 0 Å². The first kappa shape index (κ1) is 11.0. The number of nitrogens with zero attached hydrogens (tertiary/aromatic N) is 2. The summed E-state index contributed by atoms with van der Waals surface area (Å²) in [6.45, 7) is 3.35. The number of aromatic nitrogens is 2. The van der Waals surface area contributed by atoms with Crippen LogP contribution in [0, 0.1) is 0 Å². The molecule has 0 radical (unpaired) electrons. The van der Waals surface area contributed by atoms with Crippen LogP contribution in [0.4, 0.5) is 0 Å². The van der Waals surface area contributed by atoms with Gasteiger partial charge in [0.25, 0.3) is 0 Å². The van der Waals surface area contributed by atoms with Crippen molar-refractivity contribution in [1.29, 1.82) is 0 Å². The molecule has 1 aromatic rings. The number of carbonyl (C=O) groups excluding carboxylic acids is 1. The van der Waals surface area contributed by atoms with Gasteiger partial charge in [0.1, 0.15) is 0 Å². The van der Waals surface area contributed by atoms with Crippen molar-refractivity contribution in [2.24, 2.45) is 7.05 Å². The molecule has 1 rings (SSSR count). The van der Waals surface area contributed by atoms with Gasteiger partial charge >= 0.3 is 11.9 Å². The van der Waals surface area contributed by atoms with E-state index in [0.29, 0.717) is 0 Å². The van der Waals surface area contributed by atoms with Crippen molar-refractivity contribution in [3.05, 3.63) is 24.0 Å². The molecule has 0 fully saturated rings. The number of aliphatic carboxylic acids is 1. The molecule has 0 bridgehead atoms. The Morgan fingerprint density at radius 3 is 2.67 bits per heavy atom. The zero-order valence-corrected chi connectivity index (χ0v) is 8.35. The van der Waals surface area contributed by atoms with Crippen LogP contribution in [0.5, 0.6) is 0 Å². The second kappa shape index (κ2) is 3.95. The minimum absolute atomic E-state index is 0.0487. The molecule has 0 saturated heterocycles. The number of carbonyl (C=O) groups is 2. The van der Waals surface area contributed by atoms with Gasteiger partial charge < -0.3 is 9.84 Å². The third kappa shape index (κ3) is 2.04. The van der Waals surface area contributed by atoms with Crippen LogP contribution in [-0.2, 0) is 16.6 Å². The number of methoxy groups -OCH3 is 1. The fourth-order valence-corrected chi connectivity index (χ4v) is 1.07. The van der Waals surface area contributed by atoms with Crippen LogP contribution in [0.15, 0.2) is 12.8 Å². The molecular formula is C9H10N2O4. The normalized spacial score (nSPS) is 9.73. The van der Waals surface area contributed by atoms with Crippen LogP contribution in [0.1, 0.15) is 16.1 Å². The van der Waals surface area contributed by atoms with Crippen molar-refractivity contribution >= 4 is 17.5 Å². The Hall–Kier alpha value is -2.11. The van der Waals surface area contributed by atoms with E-state index in [0.717, 1.165) is 0 Å². The minimum Gasteiger partial charge on any atom is -0.478 e. The van der Waals surface area contributed by atoms with Gasteiger partial charge in [-0.2, -0.15) is 5.10 Å². The van der Waals surface area contributed by atoms with Crippen LogP contribution in [0.3, 0.4) is 0 Å². The number of ether oxygens (including phenoxy) is 1. The third-order valence-electron chi connectivity index (χ3n) is 1.79. The largest absolute Gasteiger partial charge is 0.478 e. The molecule has 0 amide bonds. The van der Waals surface area contributed by atoms with Gasteiger partial charge in [-0.25, -0.2) is 9.59 Å². The maximum atomic E-state index is 11.2. The molecule has 0 spiro atoms. The highest BCUT2D eigenvalue weighted by atomic mass is 16.5. The van der Waals surface area contributed by atoms with E-state index in [-0.39, 0.29) is 16.8 Å². The molecule has 80 valence electrons. The fourth-order valence-electron chi connectivity index (χ4n) is 1.07. The summed E-state index contributed by atoms with van der Waals surface area (Å²) in [4.78, 5) is 21.9. The standard InChI is InChI=1S/C9H10N2O4/c1-5(8(12)13)6-4-11(2)10-7(6)9(14)15-3/h4H,1H2,2-3H3,(H,12,13). The summed E-state index contributed by atoms with van der Waals surface area (Å²) < 4.78 is 5.80. The molecule has 0 unspecified atom stereocenters. The fraction of sp³-hybridized carbons (Fsp3) is 0.222. The Bertz CT molecular complexity index is 433. The van der Waals surface area contributed by atoms with E-state index >= 15 is 0 Å². The zero-order valence-electron chi connectivity index (χ0n) is 8.35. The van der Waals surface area contributed by atoms with Crippen molar-refractivity contribution in [2.75, 3.05) is 7.11 Å². The number of carboxylic acid groups (broad SMARTS) is 1. The first-order valence-corrected chi connectivity index (χ1v) is 4.02. The van der Waals surface area contributed by atoms with Crippen LogP contribution >= 0.6 is 0 Å². The van der Waals surface area contributed by atoms with Gasteiger partial charge in [-0.3, -0.25) is 4.68 Å². The maximum absolute atomic E-state index is 11.2. The average Bonchev–Trinajstić information content (AvgIpc) is 2.57. The second-order valence-corrected chi connectivity index (χ2v) is 2.84. The van der Waals surface area contributed by atoms with Gasteiger partial charge in [-0.15, -0.1) is 0 Å². The van der Waals surface area contributed by atoms with Crippen molar-refractivity contribution in [3.63, 3.8) is 0 Å². The summed E-state index contributed by atoms with van der Waals surface area (Å²) in [6.07, 6.45) is 1.41. The Balaban J connectivity index is 3.23. The lowest BCUT2D eigenvalue weighted by molar-refractivity contribution is -0.130. The van der Waals surface area contributed by atoms with Gasteiger partial charge in [0.2, 0.25) is 0 Å². The molecule has 0 aliphatic carbocycles. The lowest BCUT2D eigenvalue weighted by atomic mass is 10.1. The van der Waals surface area contributed by atoms with E-state index in [1.807, 2.05) is 0 Å². The molecule has 0 saturated carbocycles. The zero-order chi connectivity index (χ0) is 11.6. The van der Waals surface area contributed by atoms with Crippen LogP contribution < -0.4 is 0 Å². The van der Waals surface area contributed by atoms with E-state index in [2.05, 4.69) is 16.4 Å². The lowest BCUT2D eigenvalue weighted by Gasteiger charge is -1.99. The summed E-state index contributed by atoms with van der Waals surface area (Å²) in [5, 5.41) is 12.5. The number of aryl methyl sites for hydroxylation is 1. The Labute approximate surface area is 85.8 Å². The summed E-state index contributed by atoms with van der Waals surface area (Å²) in [6, 6.07) is 0. The minimum atomic E-state index is -1.20. The molecule has 1 heterocycles. The number of hydrogen-bond acceptors (Lipinski definition) is 4. The maximum Gasteiger partial charge on any atom is 0.359 e. The van der Waals surface area contributed by atoms with E-state index in [9.17, 15) is 9.59 Å². The van der Waals surface area contributed by atoms with Gasteiger partial charge in [-0.1, -0.05) is 6.58 Å². The summed E-state index contributed by atoms with van der Waals surface area (Å²) in [5.74, 6) is -1.89. The highest BCUT2D eigenvalue weighted by molar-refractivity contribution is 6.16. The molecule has 1 N–H and O–H groups in total. The molecule has 0 aromatic carbocycles. The Kier molecular flexibility index (Phi) is 2.89. The van der Waals surface area contributed by atoms with E-state index < -0.39 is 11.9 Å². The monoisotopic (exact) mass is 210 g/mol. The summed E-state index contributed by atoms with van der Waals surface area (Å²) in [7, 11) is 2.77. The average molecular weight is 210 g/mol. The number of carboxylic acids is 1. The predicted octanol–water partition coefficient (Wildman–Crippen LogP) is 0.305. The number of rotatable bonds is 3. The Morgan fingerprint density at radius 1 is 1.60 bits per heavy atom. The molecule has 0 aliphatic heterocycles. The van der Waals surface area contributed by atoms with Crippen molar-refractivity contribution < 1.29 is 19.4 Å². The van der Waals surface area contributed by atoms with E-state index in [1.165, 1.54) is 18.0 Å². The molecule has 0 aliphatic rings. The van der Waals surface area contributed by atoms with E-state index in [1.54, 1.807) is 7.05 Å². The van der Waals surface area contributed by atoms with Gasteiger partial charge in [0.05, 0.1) is 12.7 Å². The number of esters is 1.